The Morgan fingerprint density at radius 3 is 2.78 bits per heavy atom. The van der Waals surface area contributed by atoms with Crippen LogP contribution >= 0.6 is 0 Å². The van der Waals surface area contributed by atoms with Gasteiger partial charge in [-0.15, -0.1) is 0 Å². The van der Waals surface area contributed by atoms with Crippen molar-refractivity contribution in [2.24, 2.45) is 7.05 Å². The maximum atomic E-state index is 11.7. The van der Waals surface area contributed by atoms with Crippen LogP contribution in [-0.2, 0) is 20.0 Å². The van der Waals surface area contributed by atoms with Gasteiger partial charge in [-0.1, -0.05) is 30.3 Å². The summed E-state index contributed by atoms with van der Waals surface area (Å²) in [7, 11) is 1.81. The highest BCUT2D eigenvalue weighted by molar-refractivity contribution is 5.57. The van der Waals surface area contributed by atoms with Crippen LogP contribution in [0.15, 0.2) is 47.4 Å². The van der Waals surface area contributed by atoms with Crippen LogP contribution in [0.3, 0.4) is 0 Å². The van der Waals surface area contributed by atoms with Crippen LogP contribution in [0.25, 0.3) is 0 Å². The van der Waals surface area contributed by atoms with E-state index >= 15 is 0 Å². The normalized spacial score (nSPS) is 13.7. The largest absolute Gasteiger partial charge is 0.366 e. The molecule has 3 nitrogen and oxygen atoms in total. The summed E-state index contributed by atoms with van der Waals surface area (Å²) in [6.07, 6.45) is 2.99. The molecule has 2 aromatic rings. The number of pyridine rings is 1. The zero-order valence-corrected chi connectivity index (χ0v) is 10.5. The molecule has 0 spiro atoms. The second-order valence-corrected chi connectivity index (χ2v) is 4.79. The summed E-state index contributed by atoms with van der Waals surface area (Å²) in [6, 6.07) is 12.1. The molecule has 3 rings (SSSR count). The summed E-state index contributed by atoms with van der Waals surface area (Å²) in [4.78, 5) is 14.0. The molecule has 0 amide bonds. The fourth-order valence-electron chi connectivity index (χ4n) is 2.51. The van der Waals surface area contributed by atoms with E-state index < -0.39 is 0 Å². The highest BCUT2D eigenvalue weighted by atomic mass is 16.1. The fourth-order valence-corrected chi connectivity index (χ4v) is 2.51. The maximum Gasteiger partial charge on any atom is 0.252 e. The van der Waals surface area contributed by atoms with Crippen LogP contribution < -0.4 is 10.5 Å². The van der Waals surface area contributed by atoms with E-state index in [1.165, 1.54) is 11.1 Å². The Morgan fingerprint density at radius 1 is 1.22 bits per heavy atom. The molecular weight excluding hydrogens is 224 g/mol. The topological polar surface area (TPSA) is 25.2 Å². The lowest BCUT2D eigenvalue weighted by Gasteiger charge is -2.19. The van der Waals surface area contributed by atoms with Crippen LogP contribution in [0.2, 0.25) is 0 Å². The van der Waals surface area contributed by atoms with Crippen molar-refractivity contribution in [3.63, 3.8) is 0 Å². The van der Waals surface area contributed by atoms with E-state index in [0.29, 0.717) is 0 Å². The lowest BCUT2D eigenvalue weighted by Crippen LogP contribution is -2.22. The fraction of sp³-hybridized carbons (Fsp3) is 0.267. The van der Waals surface area contributed by atoms with Gasteiger partial charge >= 0.3 is 0 Å². The minimum atomic E-state index is 0.0636. The van der Waals surface area contributed by atoms with Crippen LogP contribution in [0.1, 0.15) is 11.1 Å². The Morgan fingerprint density at radius 2 is 2.00 bits per heavy atom. The number of aromatic nitrogens is 1. The summed E-state index contributed by atoms with van der Waals surface area (Å²) in [5.74, 6) is 0. The summed E-state index contributed by atoms with van der Waals surface area (Å²) in [5.41, 5.74) is 3.72. The molecule has 2 heterocycles. The summed E-state index contributed by atoms with van der Waals surface area (Å²) < 4.78 is 1.66. The predicted octanol–water partition coefficient (Wildman–Crippen LogP) is 1.95. The SMILES string of the molecule is Cn1cc2c(cc1=O)N(Cc1ccccc1)CC2. The number of rotatable bonds is 2. The number of hydrogen-bond donors (Lipinski definition) is 0. The molecule has 1 aromatic carbocycles. The molecule has 3 heteroatoms. The Hall–Kier alpha value is -2.03. The summed E-state index contributed by atoms with van der Waals surface area (Å²) in [6.45, 7) is 1.87. The van der Waals surface area contributed by atoms with Crippen molar-refractivity contribution in [1.82, 2.24) is 4.57 Å². The van der Waals surface area contributed by atoms with E-state index in [9.17, 15) is 4.79 Å². The van der Waals surface area contributed by atoms with Crippen LogP contribution in [-0.4, -0.2) is 11.1 Å². The number of hydrogen-bond acceptors (Lipinski definition) is 2. The number of nitrogens with zero attached hydrogens (tertiary/aromatic N) is 2. The molecule has 18 heavy (non-hydrogen) atoms. The summed E-state index contributed by atoms with van der Waals surface area (Å²) >= 11 is 0. The van der Waals surface area contributed by atoms with Crippen molar-refractivity contribution in [3.05, 3.63) is 64.1 Å². The number of aryl methyl sites for hydroxylation is 1. The molecule has 0 saturated carbocycles. The summed E-state index contributed by atoms with van der Waals surface area (Å²) in [5, 5.41) is 0. The van der Waals surface area contributed by atoms with Gasteiger partial charge in [-0.25, -0.2) is 0 Å². The molecule has 92 valence electrons. The van der Waals surface area contributed by atoms with Gasteiger partial charge in [0.05, 0.1) is 0 Å². The molecule has 0 fully saturated rings. The lowest BCUT2D eigenvalue weighted by atomic mass is 10.2. The third kappa shape index (κ3) is 1.92. The van der Waals surface area contributed by atoms with E-state index in [0.717, 1.165) is 25.2 Å². The molecule has 0 saturated heterocycles. The molecule has 0 radical (unpaired) electrons. The first-order valence-electron chi connectivity index (χ1n) is 6.22. The molecule has 0 bridgehead atoms. The van der Waals surface area contributed by atoms with Gasteiger partial charge < -0.3 is 9.47 Å². The van der Waals surface area contributed by atoms with Crippen molar-refractivity contribution in [2.75, 3.05) is 11.4 Å². The Bertz CT molecular complexity index is 616. The first-order valence-corrected chi connectivity index (χ1v) is 6.22. The molecule has 0 aliphatic carbocycles. The van der Waals surface area contributed by atoms with E-state index in [1.54, 1.807) is 10.6 Å². The Balaban J connectivity index is 1.91. The van der Waals surface area contributed by atoms with E-state index in [4.69, 9.17) is 0 Å². The van der Waals surface area contributed by atoms with Gasteiger partial charge in [0.1, 0.15) is 0 Å². The predicted molar refractivity (Wildman–Crippen MR) is 72.9 cm³/mol. The van der Waals surface area contributed by atoms with E-state index in [1.807, 2.05) is 19.3 Å². The van der Waals surface area contributed by atoms with Crippen LogP contribution in [0.4, 0.5) is 5.69 Å². The zero-order chi connectivity index (χ0) is 12.5. The minimum absolute atomic E-state index is 0.0636. The van der Waals surface area contributed by atoms with E-state index in [2.05, 4.69) is 29.2 Å². The minimum Gasteiger partial charge on any atom is -0.366 e. The van der Waals surface area contributed by atoms with Crippen molar-refractivity contribution >= 4 is 5.69 Å². The third-order valence-electron chi connectivity index (χ3n) is 3.49. The smallest absolute Gasteiger partial charge is 0.252 e. The van der Waals surface area contributed by atoms with Crippen molar-refractivity contribution in [3.8, 4) is 0 Å². The molecule has 1 aromatic heterocycles. The van der Waals surface area contributed by atoms with Crippen molar-refractivity contribution < 1.29 is 0 Å². The van der Waals surface area contributed by atoms with Gasteiger partial charge in [0.2, 0.25) is 0 Å². The monoisotopic (exact) mass is 240 g/mol. The number of fused-ring (bicyclic) bond motifs is 1. The van der Waals surface area contributed by atoms with Gasteiger partial charge in [0.25, 0.3) is 5.56 Å². The molecule has 1 aliphatic rings. The highest BCUT2D eigenvalue weighted by Crippen LogP contribution is 2.27. The first-order chi connectivity index (χ1) is 8.74. The number of anilines is 1. The molecule has 0 N–H and O–H groups in total. The van der Waals surface area contributed by atoms with Gasteiger partial charge in [0.15, 0.2) is 0 Å². The average Bonchev–Trinajstić information content (AvgIpc) is 2.74. The zero-order valence-electron chi connectivity index (χ0n) is 10.5. The van der Waals surface area contributed by atoms with Gasteiger partial charge in [0, 0.05) is 38.1 Å². The van der Waals surface area contributed by atoms with E-state index in [-0.39, 0.29) is 5.56 Å². The van der Waals surface area contributed by atoms with Gasteiger partial charge in [-0.05, 0) is 17.5 Å². The standard InChI is InChI=1S/C15H16N2O/c1-16-11-13-7-8-17(14(13)9-15(16)18)10-12-5-3-2-4-6-12/h2-6,9,11H,7-8,10H2,1H3. The van der Waals surface area contributed by atoms with Crippen molar-refractivity contribution in [2.45, 2.75) is 13.0 Å². The molecule has 1 aliphatic heterocycles. The van der Waals surface area contributed by atoms with Gasteiger partial charge in [-0.3, -0.25) is 4.79 Å². The maximum absolute atomic E-state index is 11.7. The average molecular weight is 240 g/mol. The van der Waals surface area contributed by atoms with Crippen LogP contribution in [0.5, 0.6) is 0 Å². The second kappa shape index (κ2) is 4.33. The molecular formula is C15H16N2O. The molecule has 0 unspecified atom stereocenters. The highest BCUT2D eigenvalue weighted by Gasteiger charge is 2.20. The van der Waals surface area contributed by atoms with Crippen LogP contribution in [0, 0.1) is 0 Å². The molecule has 0 atom stereocenters. The lowest BCUT2D eigenvalue weighted by molar-refractivity contribution is 0.836. The quantitative estimate of drug-likeness (QED) is 0.801. The second-order valence-electron chi connectivity index (χ2n) is 4.79. The van der Waals surface area contributed by atoms with Gasteiger partial charge in [-0.2, -0.15) is 0 Å². The Kier molecular flexibility index (Phi) is 2.67. The van der Waals surface area contributed by atoms with Crippen molar-refractivity contribution in [1.29, 1.82) is 0 Å². The number of benzene rings is 1. The third-order valence-corrected chi connectivity index (χ3v) is 3.49. The Labute approximate surface area is 106 Å². The first kappa shape index (κ1) is 11.1.